The molecule has 6 nitrogen and oxygen atoms in total. The lowest BCUT2D eigenvalue weighted by atomic mass is 9.95. The van der Waals surface area contributed by atoms with E-state index in [1.54, 1.807) is 6.07 Å². The van der Waals surface area contributed by atoms with E-state index in [9.17, 15) is 12.8 Å². The first-order chi connectivity index (χ1) is 10.9. The van der Waals surface area contributed by atoms with Gasteiger partial charge in [-0.1, -0.05) is 16.8 Å². The van der Waals surface area contributed by atoms with Crippen molar-refractivity contribution in [1.82, 2.24) is 9.46 Å². The Morgan fingerprint density at radius 1 is 1.30 bits per heavy atom. The molecule has 2 N–H and O–H groups in total. The molecule has 1 fully saturated rings. The van der Waals surface area contributed by atoms with Crippen LogP contribution in [0, 0.1) is 5.82 Å². The third-order valence-electron chi connectivity index (χ3n) is 3.95. The second-order valence-corrected chi connectivity index (χ2v) is 7.75. The Morgan fingerprint density at radius 3 is 2.57 bits per heavy atom. The topological polar surface area (TPSA) is 89.4 Å². The molecule has 2 aromatic rings. The summed E-state index contributed by atoms with van der Waals surface area (Å²) in [5.74, 6) is -0.289. The molecule has 1 aromatic carbocycles. The molecule has 0 spiro atoms. The Balaban J connectivity index is 1.74. The zero-order chi connectivity index (χ0) is 16.6. The smallest absolute Gasteiger partial charge is 0.243 e. The fraction of sp³-hybridized carbons (Fsp3) is 0.357. The highest BCUT2D eigenvalue weighted by Gasteiger charge is 2.31. The zero-order valence-corrected chi connectivity index (χ0v) is 13.6. The molecule has 0 saturated carbocycles. The van der Waals surface area contributed by atoms with Crippen molar-refractivity contribution in [2.24, 2.45) is 0 Å². The molecule has 1 aliphatic heterocycles. The Bertz CT molecular complexity index is 816. The van der Waals surface area contributed by atoms with Gasteiger partial charge in [-0.3, -0.25) is 0 Å². The van der Waals surface area contributed by atoms with E-state index < -0.39 is 15.8 Å². The summed E-state index contributed by atoms with van der Waals surface area (Å²) in [5, 5.41) is 3.67. The number of nitrogens with two attached hydrogens (primary N) is 1. The average Bonchev–Trinajstić information content (AvgIpc) is 2.96. The first-order valence-corrected chi connectivity index (χ1v) is 8.87. The summed E-state index contributed by atoms with van der Waals surface area (Å²) in [5.41, 5.74) is 6.25. The van der Waals surface area contributed by atoms with Crippen molar-refractivity contribution in [2.75, 3.05) is 18.8 Å². The van der Waals surface area contributed by atoms with Crippen molar-refractivity contribution < 1.29 is 17.3 Å². The van der Waals surface area contributed by atoms with Gasteiger partial charge in [-0.15, -0.1) is 0 Å². The van der Waals surface area contributed by atoms with Gasteiger partial charge in [0.1, 0.15) is 5.82 Å². The first-order valence-electron chi connectivity index (χ1n) is 7.05. The maximum Gasteiger partial charge on any atom is 0.243 e. The van der Waals surface area contributed by atoms with Gasteiger partial charge in [0.25, 0.3) is 0 Å². The van der Waals surface area contributed by atoms with Crippen LogP contribution in [-0.4, -0.2) is 31.0 Å². The van der Waals surface area contributed by atoms with Crippen LogP contribution in [0.3, 0.4) is 0 Å². The molecule has 124 valence electrons. The molecule has 1 aliphatic rings. The number of sulfonamides is 1. The fourth-order valence-corrected chi connectivity index (χ4v) is 4.42. The van der Waals surface area contributed by atoms with E-state index in [1.807, 2.05) is 0 Å². The van der Waals surface area contributed by atoms with Gasteiger partial charge in [-0.25, -0.2) is 12.8 Å². The van der Waals surface area contributed by atoms with E-state index in [2.05, 4.69) is 5.16 Å². The second kappa shape index (κ2) is 6.10. The van der Waals surface area contributed by atoms with Gasteiger partial charge < -0.3 is 10.3 Å². The van der Waals surface area contributed by atoms with E-state index in [0.29, 0.717) is 25.9 Å². The highest BCUT2D eigenvalue weighted by Crippen LogP contribution is 2.31. The molecule has 9 heteroatoms. The molecule has 23 heavy (non-hydrogen) atoms. The molecule has 0 atom stereocenters. The number of benzene rings is 1. The number of rotatable bonds is 3. The van der Waals surface area contributed by atoms with Crippen LogP contribution in [0.5, 0.6) is 0 Å². The minimum absolute atomic E-state index is 0.00645. The molecule has 0 bridgehead atoms. The van der Waals surface area contributed by atoms with Crippen molar-refractivity contribution in [2.45, 2.75) is 23.7 Å². The lowest BCUT2D eigenvalue weighted by Crippen LogP contribution is -2.38. The average molecular weight is 360 g/mol. The van der Waals surface area contributed by atoms with Gasteiger partial charge in [0.15, 0.2) is 0 Å². The normalized spacial score (nSPS) is 17.5. The quantitative estimate of drug-likeness (QED) is 0.909. The molecule has 0 radical (unpaired) electrons. The van der Waals surface area contributed by atoms with Crippen LogP contribution in [0.4, 0.5) is 10.3 Å². The highest BCUT2D eigenvalue weighted by molar-refractivity contribution is 7.89. The number of nitrogen functional groups attached to an aromatic ring is 1. The Labute approximate surface area is 138 Å². The Morgan fingerprint density at radius 2 is 2.00 bits per heavy atom. The molecule has 1 aromatic heterocycles. The van der Waals surface area contributed by atoms with Gasteiger partial charge in [-0.05, 0) is 31.0 Å². The van der Waals surface area contributed by atoms with E-state index in [4.69, 9.17) is 21.9 Å². The van der Waals surface area contributed by atoms with Crippen molar-refractivity contribution in [3.8, 4) is 0 Å². The lowest BCUT2D eigenvalue weighted by Gasteiger charge is -2.30. The summed E-state index contributed by atoms with van der Waals surface area (Å²) < 4.78 is 44.6. The molecular weight excluding hydrogens is 345 g/mol. The maximum atomic E-state index is 13.2. The van der Waals surface area contributed by atoms with Crippen LogP contribution >= 0.6 is 11.6 Å². The summed E-state index contributed by atoms with van der Waals surface area (Å²) in [7, 11) is -3.69. The SMILES string of the molecule is Nc1cc(C2CCN(S(=O)(=O)c3ccc(F)c(Cl)c3)CC2)no1. The van der Waals surface area contributed by atoms with E-state index in [0.717, 1.165) is 17.8 Å². The van der Waals surface area contributed by atoms with Crippen LogP contribution in [0.25, 0.3) is 0 Å². The molecule has 0 unspecified atom stereocenters. The minimum atomic E-state index is -3.69. The summed E-state index contributed by atoms with van der Waals surface area (Å²) in [6, 6.07) is 5.08. The van der Waals surface area contributed by atoms with E-state index in [1.165, 1.54) is 10.4 Å². The molecule has 3 rings (SSSR count). The van der Waals surface area contributed by atoms with Crippen molar-refractivity contribution >= 4 is 27.5 Å². The predicted molar refractivity (Wildman–Crippen MR) is 83.1 cm³/mol. The summed E-state index contributed by atoms with van der Waals surface area (Å²) in [4.78, 5) is -0.00645. The van der Waals surface area contributed by atoms with Crippen LogP contribution in [0.2, 0.25) is 5.02 Å². The Kier molecular flexibility index (Phi) is 4.31. The predicted octanol–water partition coefficient (Wildman–Crippen LogP) is 2.62. The lowest BCUT2D eigenvalue weighted by molar-refractivity contribution is 0.309. The largest absolute Gasteiger partial charge is 0.368 e. The zero-order valence-electron chi connectivity index (χ0n) is 12.1. The standard InChI is InChI=1S/C14H15ClFN3O3S/c15-11-7-10(1-2-12(11)16)23(20,21)19-5-3-9(4-6-19)13-8-14(17)22-18-13/h1-2,7-9H,3-6,17H2. The van der Waals surface area contributed by atoms with Gasteiger partial charge >= 0.3 is 0 Å². The second-order valence-electron chi connectivity index (χ2n) is 5.41. The maximum absolute atomic E-state index is 13.2. The van der Waals surface area contributed by atoms with Crippen LogP contribution in [0.1, 0.15) is 24.5 Å². The number of halogens is 2. The van der Waals surface area contributed by atoms with Gasteiger partial charge in [-0.2, -0.15) is 4.31 Å². The third-order valence-corrected chi connectivity index (χ3v) is 6.13. The van der Waals surface area contributed by atoms with E-state index in [-0.39, 0.29) is 21.7 Å². The molecule has 1 saturated heterocycles. The fourth-order valence-electron chi connectivity index (χ4n) is 2.67. The monoisotopic (exact) mass is 359 g/mol. The number of nitrogens with zero attached hydrogens (tertiary/aromatic N) is 2. The van der Waals surface area contributed by atoms with Gasteiger partial charge in [0, 0.05) is 25.1 Å². The molecule has 0 aliphatic carbocycles. The molecule has 2 heterocycles. The number of piperidine rings is 1. The van der Waals surface area contributed by atoms with Crippen LogP contribution < -0.4 is 5.73 Å². The highest BCUT2D eigenvalue weighted by atomic mass is 35.5. The number of hydrogen-bond donors (Lipinski definition) is 1. The summed E-state index contributed by atoms with van der Waals surface area (Å²) in [6.45, 7) is 0.684. The number of aromatic nitrogens is 1. The number of anilines is 1. The van der Waals surface area contributed by atoms with Gasteiger partial charge in [0.05, 0.1) is 15.6 Å². The van der Waals surface area contributed by atoms with Crippen LogP contribution in [-0.2, 0) is 10.0 Å². The first kappa shape index (κ1) is 16.2. The van der Waals surface area contributed by atoms with Crippen LogP contribution in [0.15, 0.2) is 33.7 Å². The number of hydrogen-bond acceptors (Lipinski definition) is 5. The summed E-state index contributed by atoms with van der Waals surface area (Å²) in [6.07, 6.45) is 1.22. The summed E-state index contributed by atoms with van der Waals surface area (Å²) >= 11 is 5.68. The third kappa shape index (κ3) is 3.19. The van der Waals surface area contributed by atoms with E-state index >= 15 is 0 Å². The van der Waals surface area contributed by atoms with Crippen molar-refractivity contribution in [1.29, 1.82) is 0 Å². The Hall–Kier alpha value is -1.64. The molecular formula is C14H15ClFN3O3S. The van der Waals surface area contributed by atoms with Gasteiger partial charge in [0.2, 0.25) is 15.9 Å². The van der Waals surface area contributed by atoms with Crippen molar-refractivity contribution in [3.05, 3.63) is 40.8 Å². The molecule has 0 amide bonds. The van der Waals surface area contributed by atoms with Crippen molar-refractivity contribution in [3.63, 3.8) is 0 Å². The minimum Gasteiger partial charge on any atom is -0.368 e.